The van der Waals surface area contributed by atoms with Crippen molar-refractivity contribution in [1.29, 1.82) is 0 Å². The number of H-pyrrole nitrogens is 1. The third-order valence-electron chi connectivity index (χ3n) is 2.75. The Bertz CT molecular complexity index is 809. The lowest BCUT2D eigenvalue weighted by atomic mass is 10.3. The first-order chi connectivity index (χ1) is 9.65. The summed E-state index contributed by atoms with van der Waals surface area (Å²) in [5.41, 5.74) is 1.73. The smallest absolute Gasteiger partial charge is 0.265 e. The molecule has 0 aliphatic carbocycles. The number of hydrogen-bond donors (Lipinski definition) is 1. The highest BCUT2D eigenvalue weighted by Gasteiger charge is 2.10. The van der Waals surface area contributed by atoms with Crippen LogP contribution in [-0.4, -0.2) is 25.0 Å². The zero-order valence-electron chi connectivity index (χ0n) is 10.5. The van der Waals surface area contributed by atoms with Crippen molar-refractivity contribution in [1.82, 2.24) is 25.0 Å². The van der Waals surface area contributed by atoms with Crippen molar-refractivity contribution in [3.8, 4) is 17.2 Å². The first-order valence-corrected chi connectivity index (χ1v) is 6.69. The summed E-state index contributed by atoms with van der Waals surface area (Å²) < 4.78 is 0.428. The normalized spacial score (nSPS) is 10.7. The molecule has 100 valence electrons. The van der Waals surface area contributed by atoms with Crippen LogP contribution >= 0.6 is 15.9 Å². The fourth-order valence-electron chi connectivity index (χ4n) is 1.75. The second kappa shape index (κ2) is 5.01. The Hall–Kier alpha value is -2.28. The molecule has 1 N–H and O–H groups in total. The van der Waals surface area contributed by atoms with Gasteiger partial charge in [0.25, 0.3) is 5.56 Å². The molecule has 3 rings (SSSR count). The number of aromatic nitrogens is 5. The van der Waals surface area contributed by atoms with Gasteiger partial charge in [0.15, 0.2) is 5.82 Å². The van der Waals surface area contributed by atoms with Gasteiger partial charge in [-0.05, 0) is 35.0 Å². The predicted molar refractivity (Wildman–Crippen MR) is 77.6 cm³/mol. The van der Waals surface area contributed by atoms with Gasteiger partial charge in [-0.15, -0.1) is 5.10 Å². The van der Waals surface area contributed by atoms with Crippen LogP contribution in [0.4, 0.5) is 0 Å². The van der Waals surface area contributed by atoms with Crippen molar-refractivity contribution in [2.75, 3.05) is 0 Å². The fraction of sp³-hybridized carbons (Fsp3) is 0.0769. The molecule has 0 aliphatic heterocycles. The lowest BCUT2D eigenvalue weighted by Crippen LogP contribution is -2.12. The molecule has 7 heteroatoms. The third kappa shape index (κ3) is 2.27. The van der Waals surface area contributed by atoms with Gasteiger partial charge >= 0.3 is 0 Å². The van der Waals surface area contributed by atoms with E-state index in [-0.39, 0.29) is 5.56 Å². The van der Waals surface area contributed by atoms with E-state index >= 15 is 0 Å². The van der Waals surface area contributed by atoms with Crippen molar-refractivity contribution >= 4 is 15.9 Å². The average Bonchev–Trinajstić information content (AvgIpc) is 2.95. The summed E-state index contributed by atoms with van der Waals surface area (Å²) in [7, 11) is 0. The number of halogens is 1. The molecule has 0 amide bonds. The molecule has 1 aromatic carbocycles. The van der Waals surface area contributed by atoms with Gasteiger partial charge in [-0.2, -0.15) is 9.90 Å². The van der Waals surface area contributed by atoms with Crippen LogP contribution in [0, 0.1) is 6.92 Å². The number of para-hydroxylation sites is 1. The van der Waals surface area contributed by atoms with Crippen LogP contribution in [0.3, 0.4) is 0 Å². The summed E-state index contributed by atoms with van der Waals surface area (Å²) in [6, 6.07) is 9.52. The molecule has 0 aliphatic rings. The quantitative estimate of drug-likeness (QED) is 0.780. The maximum absolute atomic E-state index is 11.7. The molecule has 0 bridgehead atoms. The van der Waals surface area contributed by atoms with E-state index in [0.29, 0.717) is 21.7 Å². The van der Waals surface area contributed by atoms with Crippen LogP contribution in [-0.2, 0) is 0 Å². The minimum absolute atomic E-state index is 0.234. The van der Waals surface area contributed by atoms with Crippen molar-refractivity contribution in [2.45, 2.75) is 6.92 Å². The molecule has 0 saturated carbocycles. The van der Waals surface area contributed by atoms with Gasteiger partial charge in [0.1, 0.15) is 10.2 Å². The van der Waals surface area contributed by atoms with Gasteiger partial charge in [-0.3, -0.25) is 4.79 Å². The summed E-state index contributed by atoms with van der Waals surface area (Å²) >= 11 is 3.18. The van der Waals surface area contributed by atoms with Crippen LogP contribution in [0.1, 0.15) is 5.69 Å². The van der Waals surface area contributed by atoms with Gasteiger partial charge in [-0.25, -0.2) is 4.98 Å². The van der Waals surface area contributed by atoms with E-state index in [1.54, 1.807) is 13.1 Å². The molecule has 20 heavy (non-hydrogen) atoms. The van der Waals surface area contributed by atoms with Crippen molar-refractivity contribution in [3.05, 3.63) is 57.0 Å². The Morgan fingerprint density at radius 2 is 2.00 bits per heavy atom. The average molecular weight is 332 g/mol. The molecule has 0 unspecified atom stereocenters. The predicted octanol–water partition coefficient (Wildman–Crippen LogP) is 2.09. The Labute approximate surface area is 122 Å². The topological polar surface area (TPSA) is 76.5 Å². The number of nitrogens with one attached hydrogen (secondary N) is 1. The van der Waals surface area contributed by atoms with Crippen molar-refractivity contribution in [2.24, 2.45) is 0 Å². The third-order valence-corrected chi connectivity index (χ3v) is 3.68. The summed E-state index contributed by atoms with van der Waals surface area (Å²) in [6.07, 6.45) is 1.57. The van der Waals surface area contributed by atoms with E-state index in [4.69, 9.17) is 0 Å². The Morgan fingerprint density at radius 3 is 2.70 bits per heavy atom. The number of hydrogen-bond acceptors (Lipinski definition) is 4. The molecule has 2 aromatic heterocycles. The molecule has 0 fully saturated rings. The van der Waals surface area contributed by atoms with Crippen molar-refractivity contribution < 1.29 is 0 Å². The number of aromatic amines is 1. The lowest BCUT2D eigenvalue weighted by molar-refractivity contribution is 0.752. The Morgan fingerprint density at radius 1 is 1.25 bits per heavy atom. The molecule has 0 saturated heterocycles. The highest BCUT2D eigenvalue weighted by atomic mass is 79.9. The van der Waals surface area contributed by atoms with E-state index in [0.717, 1.165) is 5.69 Å². The second-order valence-electron chi connectivity index (χ2n) is 4.17. The number of benzene rings is 1. The maximum Gasteiger partial charge on any atom is 0.265 e. The van der Waals surface area contributed by atoms with E-state index in [2.05, 4.69) is 36.1 Å². The number of rotatable bonds is 2. The van der Waals surface area contributed by atoms with Crippen LogP contribution in [0.15, 0.2) is 45.8 Å². The summed E-state index contributed by atoms with van der Waals surface area (Å²) in [5, 5.41) is 8.50. The molecule has 6 nitrogen and oxygen atoms in total. The first kappa shape index (κ1) is 12.7. The van der Waals surface area contributed by atoms with Gasteiger partial charge in [0.2, 0.25) is 0 Å². The summed E-state index contributed by atoms with van der Waals surface area (Å²) in [6.45, 7) is 1.75. The number of aryl methyl sites for hydroxylation is 1. The van der Waals surface area contributed by atoms with Crippen molar-refractivity contribution in [3.63, 3.8) is 0 Å². The zero-order chi connectivity index (χ0) is 14.1. The maximum atomic E-state index is 11.7. The molecular weight excluding hydrogens is 322 g/mol. The molecule has 0 spiro atoms. The molecule has 0 radical (unpaired) electrons. The monoisotopic (exact) mass is 331 g/mol. The van der Waals surface area contributed by atoms with E-state index < -0.39 is 0 Å². The summed E-state index contributed by atoms with van der Waals surface area (Å²) in [5.74, 6) is 0.401. The van der Waals surface area contributed by atoms with E-state index in [9.17, 15) is 4.79 Å². The SMILES string of the molecule is Cc1nc(-c2cnn(-c3ccccc3)n2)[nH]c(=O)c1Br. The lowest BCUT2D eigenvalue weighted by Gasteiger charge is -2.00. The molecule has 3 aromatic rings. The second-order valence-corrected chi connectivity index (χ2v) is 4.96. The molecule has 0 atom stereocenters. The van der Waals surface area contributed by atoms with Gasteiger partial charge in [-0.1, -0.05) is 18.2 Å². The van der Waals surface area contributed by atoms with Gasteiger partial charge < -0.3 is 4.98 Å². The first-order valence-electron chi connectivity index (χ1n) is 5.90. The fourth-order valence-corrected chi connectivity index (χ4v) is 1.94. The highest BCUT2D eigenvalue weighted by molar-refractivity contribution is 9.10. The Kier molecular flexibility index (Phi) is 3.19. The standard InChI is InChI=1S/C13H10BrN5O/c1-8-11(14)13(20)17-12(16-8)10-7-15-19(18-10)9-5-3-2-4-6-9/h2-7H,1H3,(H,16,17,20). The molecular formula is C13H10BrN5O. The number of nitrogens with zero attached hydrogens (tertiary/aromatic N) is 4. The largest absolute Gasteiger partial charge is 0.304 e. The zero-order valence-corrected chi connectivity index (χ0v) is 12.1. The van der Waals surface area contributed by atoms with Crippen LogP contribution < -0.4 is 5.56 Å². The minimum Gasteiger partial charge on any atom is -0.304 e. The van der Waals surface area contributed by atoms with Crippen LogP contribution in [0.2, 0.25) is 0 Å². The van der Waals surface area contributed by atoms with E-state index in [1.807, 2.05) is 30.3 Å². The minimum atomic E-state index is -0.234. The van der Waals surface area contributed by atoms with Crippen LogP contribution in [0.25, 0.3) is 17.2 Å². The van der Waals surface area contributed by atoms with Crippen LogP contribution in [0.5, 0.6) is 0 Å². The Balaban J connectivity index is 2.05. The van der Waals surface area contributed by atoms with Gasteiger partial charge in [0.05, 0.1) is 17.6 Å². The summed E-state index contributed by atoms with van der Waals surface area (Å²) in [4.78, 5) is 20.2. The van der Waals surface area contributed by atoms with Gasteiger partial charge in [0, 0.05) is 0 Å². The molecule has 2 heterocycles. The highest BCUT2D eigenvalue weighted by Crippen LogP contribution is 2.14. The van der Waals surface area contributed by atoms with E-state index in [1.165, 1.54) is 4.80 Å².